The maximum atomic E-state index is 9.58. The second-order valence-electron chi connectivity index (χ2n) is 3.15. The average molecular weight is 176 g/mol. The van der Waals surface area contributed by atoms with E-state index in [4.69, 9.17) is 0 Å². The van der Waals surface area contributed by atoms with Gasteiger partial charge in [-0.05, 0) is 25.3 Å². The molecule has 0 amide bonds. The molecule has 0 saturated heterocycles. The molecule has 1 atom stereocenters. The molecule has 1 aromatic rings. The highest BCUT2D eigenvalue weighted by molar-refractivity contribution is 5.15. The quantitative estimate of drug-likeness (QED) is 0.699. The van der Waals surface area contributed by atoms with Gasteiger partial charge in [0, 0.05) is 0 Å². The topological polar surface area (TPSA) is 20.2 Å². The summed E-state index contributed by atoms with van der Waals surface area (Å²) in [5.41, 5.74) is 1.19. The number of rotatable bonds is 4. The average Bonchev–Trinajstić information content (AvgIpc) is 2.16. The van der Waals surface area contributed by atoms with Crippen LogP contribution < -0.4 is 0 Å². The summed E-state index contributed by atoms with van der Waals surface area (Å²) in [4.78, 5) is 0. The van der Waals surface area contributed by atoms with Crippen molar-refractivity contribution in [1.29, 1.82) is 0 Å². The van der Waals surface area contributed by atoms with Crippen LogP contribution in [0, 0.1) is 0 Å². The number of aliphatic hydroxyl groups is 1. The lowest BCUT2D eigenvalue weighted by atomic mass is 10.1. The fourth-order valence-electron chi connectivity index (χ4n) is 1.26. The third kappa shape index (κ3) is 3.90. The van der Waals surface area contributed by atoms with Crippen LogP contribution >= 0.6 is 0 Å². The minimum absolute atomic E-state index is 0.251. The van der Waals surface area contributed by atoms with E-state index in [0.29, 0.717) is 0 Å². The first-order valence-electron chi connectivity index (χ1n) is 4.66. The van der Waals surface area contributed by atoms with Gasteiger partial charge in [-0.3, -0.25) is 0 Å². The lowest BCUT2D eigenvalue weighted by Gasteiger charge is -2.07. The molecule has 0 spiro atoms. The molecule has 1 heteroatoms. The highest BCUT2D eigenvalue weighted by Gasteiger charge is 2.01. The van der Waals surface area contributed by atoms with Crippen molar-refractivity contribution in [3.8, 4) is 0 Å². The molecule has 0 unspecified atom stereocenters. The van der Waals surface area contributed by atoms with Gasteiger partial charge in [-0.2, -0.15) is 0 Å². The standard InChI is InChI=1S/C12H16O/c1-2-3-9-12(13)10-11-7-5-4-6-8-11/h2-8,12-13H,9-10H2,1H3/t12-/m0/s1. The Kier molecular flexibility index (Phi) is 4.27. The molecule has 13 heavy (non-hydrogen) atoms. The van der Waals surface area contributed by atoms with Crippen LogP contribution in [0.3, 0.4) is 0 Å². The Morgan fingerprint density at radius 1 is 1.31 bits per heavy atom. The SMILES string of the molecule is CC=CC[C@H](O)Cc1ccccc1. The van der Waals surface area contributed by atoms with Gasteiger partial charge >= 0.3 is 0 Å². The maximum absolute atomic E-state index is 9.58. The zero-order valence-electron chi connectivity index (χ0n) is 7.98. The first-order valence-corrected chi connectivity index (χ1v) is 4.66. The first-order chi connectivity index (χ1) is 6.33. The Balaban J connectivity index is 2.40. The third-order valence-electron chi connectivity index (χ3n) is 1.96. The molecule has 70 valence electrons. The number of aliphatic hydroxyl groups excluding tert-OH is 1. The fraction of sp³-hybridized carbons (Fsp3) is 0.333. The van der Waals surface area contributed by atoms with Gasteiger partial charge in [-0.1, -0.05) is 42.5 Å². The van der Waals surface area contributed by atoms with Crippen molar-refractivity contribution in [3.05, 3.63) is 48.0 Å². The fourth-order valence-corrected chi connectivity index (χ4v) is 1.26. The van der Waals surface area contributed by atoms with Crippen LogP contribution in [-0.4, -0.2) is 11.2 Å². The monoisotopic (exact) mass is 176 g/mol. The van der Waals surface area contributed by atoms with Gasteiger partial charge < -0.3 is 5.11 Å². The van der Waals surface area contributed by atoms with Crippen LogP contribution in [-0.2, 0) is 6.42 Å². The molecule has 1 nitrogen and oxygen atoms in total. The normalized spacial score (nSPS) is 13.4. The van der Waals surface area contributed by atoms with Crippen molar-refractivity contribution < 1.29 is 5.11 Å². The summed E-state index contributed by atoms with van der Waals surface area (Å²) in [6, 6.07) is 10.1. The highest BCUT2D eigenvalue weighted by atomic mass is 16.3. The smallest absolute Gasteiger partial charge is 0.0614 e. The number of benzene rings is 1. The van der Waals surface area contributed by atoms with Crippen molar-refractivity contribution >= 4 is 0 Å². The predicted octanol–water partition coefficient (Wildman–Crippen LogP) is 2.56. The zero-order valence-corrected chi connectivity index (χ0v) is 7.98. The minimum Gasteiger partial charge on any atom is -0.392 e. The predicted molar refractivity (Wildman–Crippen MR) is 55.6 cm³/mol. The van der Waals surface area contributed by atoms with Crippen molar-refractivity contribution in [3.63, 3.8) is 0 Å². The second kappa shape index (κ2) is 5.55. The Hall–Kier alpha value is -1.08. The summed E-state index contributed by atoms with van der Waals surface area (Å²) >= 11 is 0. The van der Waals surface area contributed by atoms with E-state index in [1.54, 1.807) is 0 Å². The molecule has 1 aromatic carbocycles. The maximum Gasteiger partial charge on any atom is 0.0614 e. The molecule has 0 bridgehead atoms. The second-order valence-corrected chi connectivity index (χ2v) is 3.15. The first kappa shape index (κ1) is 10.0. The van der Waals surface area contributed by atoms with Crippen LogP contribution in [0.15, 0.2) is 42.5 Å². The highest BCUT2D eigenvalue weighted by Crippen LogP contribution is 2.05. The Bertz CT molecular complexity index is 251. The summed E-state index contributed by atoms with van der Waals surface area (Å²) in [6.45, 7) is 1.97. The molecule has 0 aliphatic rings. The lowest BCUT2D eigenvalue weighted by molar-refractivity contribution is 0.178. The van der Waals surface area contributed by atoms with Gasteiger partial charge in [-0.25, -0.2) is 0 Å². The van der Waals surface area contributed by atoms with Crippen molar-refractivity contribution in [2.24, 2.45) is 0 Å². The number of hydrogen-bond acceptors (Lipinski definition) is 1. The molecule has 0 aliphatic heterocycles. The number of hydrogen-bond donors (Lipinski definition) is 1. The lowest BCUT2D eigenvalue weighted by Crippen LogP contribution is -2.08. The van der Waals surface area contributed by atoms with Crippen LogP contribution in [0.4, 0.5) is 0 Å². The molecule has 1 rings (SSSR count). The third-order valence-corrected chi connectivity index (χ3v) is 1.96. The largest absolute Gasteiger partial charge is 0.392 e. The van der Waals surface area contributed by atoms with E-state index in [1.807, 2.05) is 49.4 Å². The van der Waals surface area contributed by atoms with Gasteiger partial charge in [0.15, 0.2) is 0 Å². The molecular formula is C12H16O. The molecular weight excluding hydrogens is 160 g/mol. The van der Waals surface area contributed by atoms with Crippen molar-refractivity contribution in [2.45, 2.75) is 25.9 Å². The molecule has 0 radical (unpaired) electrons. The van der Waals surface area contributed by atoms with Gasteiger partial charge in [-0.15, -0.1) is 0 Å². The molecule has 0 aliphatic carbocycles. The van der Waals surface area contributed by atoms with Crippen LogP contribution in [0.25, 0.3) is 0 Å². The van der Waals surface area contributed by atoms with Crippen molar-refractivity contribution in [2.75, 3.05) is 0 Å². The molecule has 0 saturated carbocycles. The van der Waals surface area contributed by atoms with E-state index in [1.165, 1.54) is 5.56 Å². The van der Waals surface area contributed by atoms with E-state index in [2.05, 4.69) is 0 Å². The summed E-state index contributed by atoms with van der Waals surface area (Å²) in [7, 11) is 0. The van der Waals surface area contributed by atoms with Crippen molar-refractivity contribution in [1.82, 2.24) is 0 Å². The Morgan fingerprint density at radius 2 is 2.00 bits per heavy atom. The molecule has 0 heterocycles. The summed E-state index contributed by atoms with van der Waals surface area (Å²) in [5.74, 6) is 0. The minimum atomic E-state index is -0.251. The van der Waals surface area contributed by atoms with Gasteiger partial charge in [0.1, 0.15) is 0 Å². The van der Waals surface area contributed by atoms with Crippen LogP contribution in [0.5, 0.6) is 0 Å². The van der Waals surface area contributed by atoms with Gasteiger partial charge in [0.2, 0.25) is 0 Å². The van der Waals surface area contributed by atoms with Crippen LogP contribution in [0.2, 0.25) is 0 Å². The van der Waals surface area contributed by atoms with Gasteiger partial charge in [0.25, 0.3) is 0 Å². The number of allylic oxidation sites excluding steroid dienone is 1. The zero-order chi connectivity index (χ0) is 9.52. The van der Waals surface area contributed by atoms with E-state index < -0.39 is 0 Å². The summed E-state index contributed by atoms with van der Waals surface area (Å²) in [6.07, 6.45) is 5.19. The van der Waals surface area contributed by atoms with E-state index in [9.17, 15) is 5.11 Å². The summed E-state index contributed by atoms with van der Waals surface area (Å²) < 4.78 is 0. The Labute approximate surface area is 79.7 Å². The molecule has 1 N–H and O–H groups in total. The van der Waals surface area contributed by atoms with E-state index >= 15 is 0 Å². The van der Waals surface area contributed by atoms with E-state index in [-0.39, 0.29) is 6.10 Å². The van der Waals surface area contributed by atoms with E-state index in [0.717, 1.165) is 12.8 Å². The Morgan fingerprint density at radius 3 is 2.62 bits per heavy atom. The summed E-state index contributed by atoms with van der Waals surface area (Å²) in [5, 5.41) is 9.58. The van der Waals surface area contributed by atoms with Gasteiger partial charge in [0.05, 0.1) is 6.10 Å². The van der Waals surface area contributed by atoms with Crippen LogP contribution in [0.1, 0.15) is 18.9 Å². The molecule has 0 fully saturated rings. The molecule has 0 aromatic heterocycles.